The average molecular weight is 410 g/mol. The Morgan fingerprint density at radius 1 is 1.24 bits per heavy atom. The van der Waals surface area contributed by atoms with Crippen molar-refractivity contribution in [1.82, 2.24) is 5.32 Å². The first-order chi connectivity index (χ1) is 14.1. The van der Waals surface area contributed by atoms with Crippen LogP contribution in [0.15, 0.2) is 54.1 Å². The number of ether oxygens (including phenoxy) is 1. The van der Waals surface area contributed by atoms with E-state index in [4.69, 9.17) is 16.3 Å². The molecular formula is C22H20ClN3O3. The molecule has 1 heterocycles. The van der Waals surface area contributed by atoms with Crippen LogP contribution in [0.1, 0.15) is 28.8 Å². The summed E-state index contributed by atoms with van der Waals surface area (Å²) < 4.78 is 5.47. The Morgan fingerprint density at radius 2 is 2.07 bits per heavy atom. The van der Waals surface area contributed by atoms with Crippen LogP contribution in [0.25, 0.3) is 6.08 Å². The van der Waals surface area contributed by atoms with E-state index in [0.717, 1.165) is 12.8 Å². The van der Waals surface area contributed by atoms with Crippen LogP contribution in [0.5, 0.6) is 0 Å². The molecule has 0 bridgehead atoms. The highest BCUT2D eigenvalue weighted by molar-refractivity contribution is 6.34. The molecule has 29 heavy (non-hydrogen) atoms. The van der Waals surface area contributed by atoms with Gasteiger partial charge in [0.2, 0.25) is 0 Å². The van der Waals surface area contributed by atoms with Gasteiger partial charge < -0.3 is 15.4 Å². The molecular weight excluding hydrogens is 390 g/mol. The minimum atomic E-state index is -0.450. The largest absolute Gasteiger partial charge is 0.376 e. The molecule has 2 amide bonds. The van der Waals surface area contributed by atoms with E-state index in [1.807, 2.05) is 6.07 Å². The number of hydrogen-bond donors (Lipinski definition) is 2. The van der Waals surface area contributed by atoms with Crippen LogP contribution < -0.4 is 10.6 Å². The zero-order valence-corrected chi connectivity index (χ0v) is 16.4. The van der Waals surface area contributed by atoms with Gasteiger partial charge in [0.05, 0.1) is 16.7 Å². The van der Waals surface area contributed by atoms with Crippen molar-refractivity contribution in [3.8, 4) is 6.07 Å². The molecule has 0 spiro atoms. The number of benzene rings is 2. The van der Waals surface area contributed by atoms with Crippen LogP contribution in [0.2, 0.25) is 5.02 Å². The smallest absolute Gasteiger partial charge is 0.262 e. The Kier molecular flexibility index (Phi) is 7.01. The lowest BCUT2D eigenvalue weighted by atomic mass is 10.1. The highest BCUT2D eigenvalue weighted by Crippen LogP contribution is 2.19. The van der Waals surface area contributed by atoms with Crippen LogP contribution >= 0.6 is 11.6 Å². The van der Waals surface area contributed by atoms with Gasteiger partial charge in [0.1, 0.15) is 11.6 Å². The van der Waals surface area contributed by atoms with Gasteiger partial charge in [0.25, 0.3) is 11.8 Å². The van der Waals surface area contributed by atoms with Gasteiger partial charge in [0, 0.05) is 18.8 Å². The topological polar surface area (TPSA) is 91.2 Å². The molecule has 1 saturated heterocycles. The molecule has 148 valence electrons. The first kappa shape index (κ1) is 20.6. The van der Waals surface area contributed by atoms with E-state index in [9.17, 15) is 14.9 Å². The molecule has 3 rings (SSSR count). The van der Waals surface area contributed by atoms with Gasteiger partial charge in [-0.1, -0.05) is 35.9 Å². The number of nitrogens with one attached hydrogen (secondary N) is 2. The standard InChI is InChI=1S/C22H20ClN3O3/c23-20-9-2-1-8-19(20)22(28)26-17-6-3-5-15(12-17)11-16(13-24)21(27)25-14-18-7-4-10-29-18/h1-3,5-6,8-9,11-12,18H,4,7,10,14H2,(H,25,27)(H,26,28)/b16-11+/t18-/m1/s1. The summed E-state index contributed by atoms with van der Waals surface area (Å²) in [6, 6.07) is 15.5. The fourth-order valence-electron chi connectivity index (χ4n) is 2.97. The number of nitrogens with zero attached hydrogens (tertiary/aromatic N) is 1. The number of hydrogen-bond acceptors (Lipinski definition) is 4. The summed E-state index contributed by atoms with van der Waals surface area (Å²) in [7, 11) is 0. The highest BCUT2D eigenvalue weighted by Gasteiger charge is 2.17. The molecule has 0 unspecified atom stereocenters. The van der Waals surface area contributed by atoms with Gasteiger partial charge in [-0.25, -0.2) is 0 Å². The van der Waals surface area contributed by atoms with Gasteiger partial charge in [-0.3, -0.25) is 9.59 Å². The summed E-state index contributed by atoms with van der Waals surface area (Å²) in [6.45, 7) is 1.08. The predicted molar refractivity (Wildman–Crippen MR) is 111 cm³/mol. The minimum Gasteiger partial charge on any atom is -0.376 e. The zero-order chi connectivity index (χ0) is 20.6. The zero-order valence-electron chi connectivity index (χ0n) is 15.7. The van der Waals surface area contributed by atoms with Crippen LogP contribution in [-0.2, 0) is 9.53 Å². The molecule has 7 heteroatoms. The van der Waals surface area contributed by atoms with E-state index in [-0.39, 0.29) is 17.6 Å². The van der Waals surface area contributed by atoms with Crippen molar-refractivity contribution in [2.45, 2.75) is 18.9 Å². The minimum absolute atomic E-state index is 0.00208. The highest BCUT2D eigenvalue weighted by atomic mass is 35.5. The van der Waals surface area contributed by atoms with E-state index in [1.165, 1.54) is 6.08 Å². The van der Waals surface area contributed by atoms with E-state index < -0.39 is 5.91 Å². The molecule has 1 atom stereocenters. The normalized spacial score (nSPS) is 16.1. The predicted octanol–water partition coefficient (Wildman–Crippen LogP) is 3.79. The SMILES string of the molecule is N#C/C(=C\c1cccc(NC(=O)c2ccccc2Cl)c1)C(=O)NC[C@H]1CCCO1. The van der Waals surface area contributed by atoms with Crippen LogP contribution in [0, 0.1) is 11.3 Å². The maximum absolute atomic E-state index is 12.4. The van der Waals surface area contributed by atoms with Gasteiger partial charge >= 0.3 is 0 Å². The van der Waals surface area contributed by atoms with Crippen LogP contribution in [0.4, 0.5) is 5.69 Å². The number of anilines is 1. The Labute approximate surface area is 174 Å². The second kappa shape index (κ2) is 9.87. The summed E-state index contributed by atoms with van der Waals surface area (Å²) in [4.78, 5) is 24.7. The van der Waals surface area contributed by atoms with Crippen LogP contribution in [-0.4, -0.2) is 31.1 Å². The molecule has 2 aromatic rings. The molecule has 2 aromatic carbocycles. The van der Waals surface area contributed by atoms with Crippen molar-refractivity contribution >= 4 is 35.2 Å². The van der Waals surface area contributed by atoms with Crippen molar-refractivity contribution < 1.29 is 14.3 Å². The Morgan fingerprint density at radius 3 is 2.79 bits per heavy atom. The fourth-order valence-corrected chi connectivity index (χ4v) is 3.19. The molecule has 6 nitrogen and oxygen atoms in total. The summed E-state index contributed by atoms with van der Waals surface area (Å²) in [5.41, 5.74) is 1.49. The summed E-state index contributed by atoms with van der Waals surface area (Å²) in [5.74, 6) is -0.792. The summed E-state index contributed by atoms with van der Waals surface area (Å²) >= 11 is 6.06. The third-order valence-corrected chi connectivity index (χ3v) is 4.78. The van der Waals surface area contributed by atoms with Crippen molar-refractivity contribution in [2.75, 3.05) is 18.5 Å². The summed E-state index contributed by atoms with van der Waals surface area (Å²) in [6.07, 6.45) is 3.37. The van der Waals surface area contributed by atoms with E-state index in [0.29, 0.717) is 35.0 Å². The number of amides is 2. The van der Waals surface area contributed by atoms with Crippen molar-refractivity contribution in [1.29, 1.82) is 5.26 Å². The van der Waals surface area contributed by atoms with Gasteiger partial charge in [-0.15, -0.1) is 0 Å². The van der Waals surface area contributed by atoms with E-state index in [2.05, 4.69) is 10.6 Å². The Bertz CT molecular complexity index is 975. The van der Waals surface area contributed by atoms with Crippen molar-refractivity contribution in [2.24, 2.45) is 0 Å². The number of rotatable bonds is 6. The number of carbonyl (C=O) groups is 2. The third kappa shape index (κ3) is 5.67. The number of halogens is 1. The van der Waals surface area contributed by atoms with E-state index >= 15 is 0 Å². The Balaban J connectivity index is 1.68. The lowest BCUT2D eigenvalue weighted by molar-refractivity contribution is -0.117. The Hall–Kier alpha value is -3.14. The van der Waals surface area contributed by atoms with Gasteiger partial charge in [-0.2, -0.15) is 5.26 Å². The van der Waals surface area contributed by atoms with E-state index in [1.54, 1.807) is 48.5 Å². The molecule has 1 aliphatic heterocycles. The fraction of sp³-hybridized carbons (Fsp3) is 0.227. The molecule has 0 saturated carbocycles. The monoisotopic (exact) mass is 409 g/mol. The van der Waals surface area contributed by atoms with Crippen LogP contribution in [0.3, 0.4) is 0 Å². The lowest BCUT2D eigenvalue weighted by Gasteiger charge is -2.10. The maximum Gasteiger partial charge on any atom is 0.262 e. The maximum atomic E-state index is 12.4. The van der Waals surface area contributed by atoms with Crippen molar-refractivity contribution in [3.05, 3.63) is 70.3 Å². The first-order valence-corrected chi connectivity index (χ1v) is 9.62. The molecule has 2 N–H and O–H groups in total. The third-order valence-electron chi connectivity index (χ3n) is 4.45. The molecule has 0 aliphatic carbocycles. The summed E-state index contributed by atoms with van der Waals surface area (Å²) in [5, 5.41) is 15.2. The second-order valence-electron chi connectivity index (χ2n) is 6.57. The first-order valence-electron chi connectivity index (χ1n) is 9.24. The van der Waals surface area contributed by atoms with Crippen molar-refractivity contribution in [3.63, 3.8) is 0 Å². The average Bonchev–Trinajstić information content (AvgIpc) is 3.24. The molecule has 0 aromatic heterocycles. The second-order valence-corrected chi connectivity index (χ2v) is 6.98. The molecule has 1 aliphatic rings. The quantitative estimate of drug-likeness (QED) is 0.560. The van der Waals surface area contributed by atoms with Gasteiger partial charge in [-0.05, 0) is 48.7 Å². The molecule has 1 fully saturated rings. The lowest BCUT2D eigenvalue weighted by Crippen LogP contribution is -2.32. The van der Waals surface area contributed by atoms with Gasteiger partial charge in [0.15, 0.2) is 0 Å². The number of carbonyl (C=O) groups excluding carboxylic acids is 2. The number of nitriles is 1. The molecule has 0 radical (unpaired) electrons.